The quantitative estimate of drug-likeness (QED) is 0.146. The first-order valence-electron chi connectivity index (χ1n) is 14.8. The summed E-state index contributed by atoms with van der Waals surface area (Å²) in [4.78, 5) is 33.4. The topological polar surface area (TPSA) is 128 Å². The molecule has 0 aliphatic carbocycles. The van der Waals surface area contributed by atoms with Crippen LogP contribution in [0.3, 0.4) is 0 Å². The smallest absolute Gasteiger partial charge is 0.274 e. The van der Waals surface area contributed by atoms with Crippen molar-refractivity contribution in [3.63, 3.8) is 0 Å². The van der Waals surface area contributed by atoms with E-state index in [2.05, 4.69) is 50.3 Å². The van der Waals surface area contributed by atoms with Gasteiger partial charge in [-0.15, -0.1) is 0 Å². The third kappa shape index (κ3) is 7.49. The molecule has 10 heteroatoms. The highest BCUT2D eigenvalue weighted by Gasteiger charge is 2.20. The molecule has 1 saturated heterocycles. The van der Waals surface area contributed by atoms with Crippen molar-refractivity contribution in [2.75, 3.05) is 25.0 Å². The molecule has 5 rings (SSSR count). The Hall–Kier alpha value is -4.15. The van der Waals surface area contributed by atoms with Crippen LogP contribution in [0.25, 0.3) is 22.4 Å². The average Bonchev–Trinajstić information content (AvgIpc) is 3.44. The van der Waals surface area contributed by atoms with Crippen molar-refractivity contribution in [3.8, 4) is 22.4 Å². The van der Waals surface area contributed by atoms with E-state index in [4.69, 9.17) is 16.7 Å². The van der Waals surface area contributed by atoms with Gasteiger partial charge in [0.05, 0.1) is 17.3 Å². The van der Waals surface area contributed by atoms with E-state index in [1.54, 1.807) is 18.5 Å². The van der Waals surface area contributed by atoms with Crippen molar-refractivity contribution in [2.24, 2.45) is 0 Å². The second-order valence-corrected chi connectivity index (χ2v) is 11.4. The first kappa shape index (κ1) is 31.3. The Kier molecular flexibility index (Phi) is 10.3. The normalized spacial score (nSPS) is 14.5. The van der Waals surface area contributed by atoms with Crippen LogP contribution in [0.1, 0.15) is 45.6 Å². The number of aryl methyl sites for hydroxylation is 1. The molecular formula is C34H37ClN6O3. The van der Waals surface area contributed by atoms with E-state index in [-0.39, 0.29) is 24.5 Å². The van der Waals surface area contributed by atoms with Crippen molar-refractivity contribution < 1.29 is 14.7 Å². The molecule has 0 spiro atoms. The highest BCUT2D eigenvalue weighted by Crippen LogP contribution is 2.38. The van der Waals surface area contributed by atoms with E-state index in [9.17, 15) is 9.59 Å². The molecule has 0 radical (unpaired) electrons. The highest BCUT2D eigenvalue weighted by atomic mass is 35.5. The summed E-state index contributed by atoms with van der Waals surface area (Å²) in [6.07, 6.45) is 4.88. The number of anilines is 1. The molecule has 2 aromatic carbocycles. The number of aliphatic hydroxyl groups excluding tert-OH is 1. The number of carbonyl (C=O) groups is 2. The first-order chi connectivity index (χ1) is 21.3. The molecule has 0 saturated carbocycles. The molecule has 1 aliphatic heterocycles. The number of carbonyl (C=O) groups excluding carboxylic acids is 2. The Bertz CT molecular complexity index is 1640. The number of nitrogens with zero attached hydrogens (tertiary/aromatic N) is 2. The van der Waals surface area contributed by atoms with Gasteiger partial charge in [0.2, 0.25) is 5.91 Å². The van der Waals surface area contributed by atoms with Crippen LogP contribution in [-0.2, 0) is 17.9 Å². The standard InChI is InChI=1S/C34H37ClN6O3/c1-21-16-24(7-8-25(21)19-37-20-26-9-11-31(43)40-26)33-32(35)28(12-13-38-33)27-4-3-5-29(22(27)2)41-34(44)30-10-6-23(18-39-30)17-36-14-15-42/h3-8,10,12-13,16,18,26,36-37,42H,9,11,14-15,17,19-20H2,1-2H3,(H,40,43)(H,41,44)/t26-/m0/s1. The number of aromatic nitrogens is 2. The van der Waals surface area contributed by atoms with Crippen molar-refractivity contribution in [3.05, 3.63) is 100.0 Å². The minimum Gasteiger partial charge on any atom is -0.395 e. The van der Waals surface area contributed by atoms with Crippen molar-refractivity contribution >= 4 is 29.1 Å². The summed E-state index contributed by atoms with van der Waals surface area (Å²) in [7, 11) is 0. The lowest BCUT2D eigenvalue weighted by Gasteiger charge is -2.16. The van der Waals surface area contributed by atoms with Crippen molar-refractivity contribution in [1.29, 1.82) is 0 Å². The maximum absolute atomic E-state index is 13.0. The van der Waals surface area contributed by atoms with Crippen LogP contribution in [0.15, 0.2) is 67.0 Å². The zero-order chi connectivity index (χ0) is 31.1. The number of hydrogen-bond donors (Lipinski definition) is 5. The molecule has 3 heterocycles. The van der Waals surface area contributed by atoms with Gasteiger partial charge in [0.15, 0.2) is 0 Å². The lowest BCUT2D eigenvalue weighted by Crippen LogP contribution is -2.35. The van der Waals surface area contributed by atoms with E-state index in [1.807, 2.05) is 43.3 Å². The number of halogens is 1. The van der Waals surface area contributed by atoms with Crippen LogP contribution in [0.2, 0.25) is 5.02 Å². The van der Waals surface area contributed by atoms with Crippen LogP contribution in [-0.4, -0.2) is 52.6 Å². The summed E-state index contributed by atoms with van der Waals surface area (Å²) in [6, 6.07) is 17.6. The van der Waals surface area contributed by atoms with E-state index in [0.717, 1.165) is 46.3 Å². The second kappa shape index (κ2) is 14.5. The van der Waals surface area contributed by atoms with Gasteiger partial charge in [-0.1, -0.05) is 41.9 Å². The van der Waals surface area contributed by atoms with E-state index in [0.29, 0.717) is 48.2 Å². The van der Waals surface area contributed by atoms with Crippen LogP contribution in [0.4, 0.5) is 5.69 Å². The summed E-state index contributed by atoms with van der Waals surface area (Å²) in [5, 5.41) is 22.0. The number of benzene rings is 2. The number of hydrogen-bond acceptors (Lipinski definition) is 7. The monoisotopic (exact) mass is 612 g/mol. The van der Waals surface area contributed by atoms with Gasteiger partial charge < -0.3 is 26.4 Å². The molecule has 1 fully saturated rings. The molecule has 2 amide bonds. The summed E-state index contributed by atoms with van der Waals surface area (Å²) in [5.74, 6) is -0.182. The summed E-state index contributed by atoms with van der Waals surface area (Å²) in [6.45, 7) is 6.60. The van der Waals surface area contributed by atoms with Gasteiger partial charge >= 0.3 is 0 Å². The fraction of sp³-hybridized carbons (Fsp3) is 0.294. The SMILES string of the molecule is Cc1cc(-c2nccc(-c3cccc(NC(=O)c4ccc(CNCCO)cn4)c3C)c2Cl)ccc1CNC[C@@H]1CCC(=O)N1. The van der Waals surface area contributed by atoms with Gasteiger partial charge in [0, 0.05) is 67.8 Å². The Balaban J connectivity index is 1.30. The number of nitrogens with one attached hydrogen (secondary N) is 4. The fourth-order valence-electron chi connectivity index (χ4n) is 5.33. The predicted octanol–water partition coefficient (Wildman–Crippen LogP) is 4.78. The molecule has 1 atom stereocenters. The minimum absolute atomic E-state index is 0.0634. The Labute approximate surface area is 262 Å². The van der Waals surface area contributed by atoms with Gasteiger partial charge in [-0.3, -0.25) is 19.6 Å². The van der Waals surface area contributed by atoms with E-state index >= 15 is 0 Å². The highest BCUT2D eigenvalue weighted by molar-refractivity contribution is 6.35. The number of aliphatic hydroxyl groups is 1. The maximum Gasteiger partial charge on any atom is 0.274 e. The predicted molar refractivity (Wildman–Crippen MR) is 173 cm³/mol. The summed E-state index contributed by atoms with van der Waals surface area (Å²) in [5.41, 5.74) is 8.40. The van der Waals surface area contributed by atoms with Gasteiger partial charge in [0.25, 0.3) is 5.91 Å². The third-order valence-corrected chi connectivity index (χ3v) is 8.23. The molecule has 4 aromatic rings. The third-order valence-electron chi connectivity index (χ3n) is 7.84. The Morgan fingerprint density at radius 3 is 2.64 bits per heavy atom. The van der Waals surface area contributed by atoms with Crippen molar-refractivity contribution in [2.45, 2.75) is 45.8 Å². The largest absolute Gasteiger partial charge is 0.395 e. The number of pyridine rings is 2. The molecule has 44 heavy (non-hydrogen) atoms. The van der Waals surface area contributed by atoms with Crippen LogP contribution in [0.5, 0.6) is 0 Å². The number of amides is 2. The van der Waals surface area contributed by atoms with Gasteiger partial charge in [-0.25, -0.2) is 0 Å². The van der Waals surface area contributed by atoms with Crippen LogP contribution >= 0.6 is 11.6 Å². The zero-order valence-corrected chi connectivity index (χ0v) is 25.7. The minimum atomic E-state index is -0.306. The van der Waals surface area contributed by atoms with Gasteiger partial charge in [0.1, 0.15) is 5.69 Å². The Morgan fingerprint density at radius 1 is 1.05 bits per heavy atom. The molecule has 5 N–H and O–H groups in total. The van der Waals surface area contributed by atoms with E-state index < -0.39 is 0 Å². The van der Waals surface area contributed by atoms with Gasteiger partial charge in [-0.05, 0) is 72.4 Å². The number of rotatable bonds is 12. The molecular weight excluding hydrogens is 576 g/mol. The Morgan fingerprint density at radius 2 is 1.91 bits per heavy atom. The van der Waals surface area contributed by atoms with E-state index in [1.165, 1.54) is 5.56 Å². The molecule has 2 aromatic heterocycles. The van der Waals surface area contributed by atoms with Crippen LogP contribution < -0.4 is 21.3 Å². The van der Waals surface area contributed by atoms with Gasteiger partial charge in [-0.2, -0.15) is 0 Å². The maximum atomic E-state index is 13.0. The lowest BCUT2D eigenvalue weighted by atomic mass is 9.97. The fourth-order valence-corrected chi connectivity index (χ4v) is 5.65. The average molecular weight is 613 g/mol. The molecule has 0 bridgehead atoms. The van der Waals surface area contributed by atoms with Crippen LogP contribution in [0, 0.1) is 13.8 Å². The molecule has 0 unspecified atom stereocenters. The second-order valence-electron chi connectivity index (χ2n) is 11.0. The van der Waals surface area contributed by atoms with Crippen molar-refractivity contribution in [1.82, 2.24) is 25.9 Å². The lowest BCUT2D eigenvalue weighted by molar-refractivity contribution is -0.119. The zero-order valence-electron chi connectivity index (χ0n) is 24.9. The molecule has 1 aliphatic rings. The first-order valence-corrected chi connectivity index (χ1v) is 15.1. The summed E-state index contributed by atoms with van der Waals surface area (Å²) < 4.78 is 0. The summed E-state index contributed by atoms with van der Waals surface area (Å²) >= 11 is 7.00. The molecule has 228 valence electrons. The molecule has 9 nitrogen and oxygen atoms in total.